The lowest BCUT2D eigenvalue weighted by Gasteiger charge is -2.35. The molecule has 1 fully saturated rings. The average Bonchev–Trinajstić information content (AvgIpc) is 2.60. The fraction of sp³-hybridized carbons (Fsp3) is 0.400. The maximum Gasteiger partial charge on any atom is 0.251 e. The first-order valence-electron chi connectivity index (χ1n) is 8.73. The summed E-state index contributed by atoms with van der Waals surface area (Å²) in [5.41, 5.74) is 0.611. The molecule has 0 saturated carbocycles. The molecule has 2 atom stereocenters. The second-order valence-electron chi connectivity index (χ2n) is 6.62. The molecule has 0 aromatic heterocycles. The molecule has 1 saturated heterocycles. The van der Waals surface area contributed by atoms with Gasteiger partial charge in [-0.2, -0.15) is 0 Å². The van der Waals surface area contributed by atoms with Crippen molar-refractivity contribution in [2.75, 3.05) is 19.6 Å². The molecule has 1 aliphatic heterocycles. The Bertz CT molecular complexity index is 764. The number of ether oxygens (including phenoxy) is 1. The Morgan fingerprint density at radius 1 is 1.08 bits per heavy atom. The molecule has 1 aliphatic rings. The molecular weight excluding hydrogens is 316 g/mol. The van der Waals surface area contributed by atoms with Crippen LogP contribution in [0, 0.1) is 0 Å². The maximum atomic E-state index is 12.3. The fourth-order valence-corrected chi connectivity index (χ4v) is 3.26. The van der Waals surface area contributed by atoms with E-state index in [4.69, 9.17) is 4.74 Å². The zero-order valence-electron chi connectivity index (χ0n) is 14.7. The summed E-state index contributed by atoms with van der Waals surface area (Å²) in [6, 6.07) is 13.5. The van der Waals surface area contributed by atoms with Crippen molar-refractivity contribution in [3.63, 3.8) is 0 Å². The van der Waals surface area contributed by atoms with Crippen molar-refractivity contribution in [2.24, 2.45) is 0 Å². The van der Waals surface area contributed by atoms with E-state index in [1.165, 1.54) is 0 Å². The first kappa shape index (κ1) is 17.4. The monoisotopic (exact) mass is 340 g/mol. The molecule has 1 N–H and O–H groups in total. The zero-order valence-corrected chi connectivity index (χ0v) is 14.7. The molecule has 2 aromatic rings. The van der Waals surface area contributed by atoms with Crippen LogP contribution in [0.15, 0.2) is 42.5 Å². The van der Waals surface area contributed by atoms with Crippen molar-refractivity contribution in [3.05, 3.63) is 48.0 Å². The Labute approximate surface area is 148 Å². The summed E-state index contributed by atoms with van der Waals surface area (Å²) >= 11 is 0. The number of amides is 2. The van der Waals surface area contributed by atoms with Gasteiger partial charge in [-0.1, -0.05) is 30.3 Å². The van der Waals surface area contributed by atoms with Gasteiger partial charge in [0.05, 0.1) is 12.2 Å². The van der Waals surface area contributed by atoms with Gasteiger partial charge in [-0.15, -0.1) is 0 Å². The van der Waals surface area contributed by atoms with E-state index in [0.717, 1.165) is 10.8 Å². The van der Waals surface area contributed by atoms with Crippen LogP contribution in [0.5, 0.6) is 0 Å². The fourth-order valence-electron chi connectivity index (χ4n) is 3.26. The third kappa shape index (κ3) is 4.37. The third-order valence-electron chi connectivity index (χ3n) is 4.41. The van der Waals surface area contributed by atoms with Crippen LogP contribution >= 0.6 is 0 Å². The molecule has 132 valence electrons. The molecule has 0 bridgehead atoms. The Balaban J connectivity index is 1.52. The third-order valence-corrected chi connectivity index (χ3v) is 4.41. The number of carbonyl (C=O) groups excluding carboxylic acids is 2. The lowest BCUT2D eigenvalue weighted by atomic mass is 10.1. The van der Waals surface area contributed by atoms with E-state index in [1.807, 2.05) is 61.2 Å². The van der Waals surface area contributed by atoms with Crippen LogP contribution in [0.2, 0.25) is 0 Å². The molecule has 2 amide bonds. The number of benzene rings is 2. The largest absolute Gasteiger partial charge is 0.372 e. The highest BCUT2D eigenvalue weighted by molar-refractivity contribution is 5.98. The van der Waals surface area contributed by atoms with Crippen LogP contribution in [-0.2, 0) is 9.53 Å². The van der Waals surface area contributed by atoms with Crippen LogP contribution in [-0.4, -0.2) is 48.6 Å². The first-order valence-corrected chi connectivity index (χ1v) is 8.73. The van der Waals surface area contributed by atoms with Gasteiger partial charge < -0.3 is 15.0 Å². The van der Waals surface area contributed by atoms with Gasteiger partial charge in [-0.3, -0.25) is 9.59 Å². The molecule has 2 unspecified atom stereocenters. The van der Waals surface area contributed by atoms with Crippen LogP contribution in [0.25, 0.3) is 10.8 Å². The number of carbonyl (C=O) groups is 2. The minimum absolute atomic E-state index is 0.0555. The lowest BCUT2D eigenvalue weighted by Crippen LogP contribution is -2.48. The van der Waals surface area contributed by atoms with Gasteiger partial charge >= 0.3 is 0 Å². The SMILES string of the molecule is CC1CN(C(=O)CCNC(=O)c2ccc3ccccc3c2)CC(C)O1. The molecular formula is C20H24N2O3. The van der Waals surface area contributed by atoms with Crippen molar-refractivity contribution in [3.8, 4) is 0 Å². The van der Waals surface area contributed by atoms with Gasteiger partial charge in [0.15, 0.2) is 0 Å². The highest BCUT2D eigenvalue weighted by Crippen LogP contribution is 2.15. The predicted octanol–water partition coefficient (Wildman–Crippen LogP) is 2.60. The Hall–Kier alpha value is -2.40. The molecule has 0 radical (unpaired) electrons. The summed E-state index contributed by atoms with van der Waals surface area (Å²) < 4.78 is 5.64. The van der Waals surface area contributed by atoms with E-state index >= 15 is 0 Å². The van der Waals surface area contributed by atoms with E-state index in [1.54, 1.807) is 0 Å². The van der Waals surface area contributed by atoms with Gasteiger partial charge in [0.1, 0.15) is 0 Å². The summed E-state index contributed by atoms with van der Waals surface area (Å²) in [7, 11) is 0. The number of nitrogens with zero attached hydrogens (tertiary/aromatic N) is 1. The topological polar surface area (TPSA) is 58.6 Å². The zero-order chi connectivity index (χ0) is 17.8. The van der Waals surface area contributed by atoms with Crippen LogP contribution in [0.1, 0.15) is 30.6 Å². The van der Waals surface area contributed by atoms with E-state index in [0.29, 0.717) is 31.6 Å². The van der Waals surface area contributed by atoms with E-state index < -0.39 is 0 Å². The summed E-state index contributed by atoms with van der Waals surface area (Å²) in [4.78, 5) is 26.4. The van der Waals surface area contributed by atoms with Gasteiger partial charge in [0.25, 0.3) is 5.91 Å². The smallest absolute Gasteiger partial charge is 0.251 e. The Morgan fingerprint density at radius 3 is 2.48 bits per heavy atom. The summed E-state index contributed by atoms with van der Waals surface area (Å²) in [5, 5.41) is 4.97. The molecule has 25 heavy (non-hydrogen) atoms. The summed E-state index contributed by atoms with van der Waals surface area (Å²) in [6.45, 7) is 5.50. The highest BCUT2D eigenvalue weighted by Gasteiger charge is 2.25. The van der Waals surface area contributed by atoms with E-state index in [2.05, 4.69) is 5.32 Å². The number of hydrogen-bond acceptors (Lipinski definition) is 3. The average molecular weight is 340 g/mol. The second-order valence-corrected chi connectivity index (χ2v) is 6.62. The van der Waals surface area contributed by atoms with Crippen LogP contribution in [0.3, 0.4) is 0 Å². The van der Waals surface area contributed by atoms with Crippen molar-refractivity contribution >= 4 is 22.6 Å². The minimum atomic E-state index is -0.151. The van der Waals surface area contributed by atoms with Gasteiger partial charge in [-0.05, 0) is 36.8 Å². The second kappa shape index (κ2) is 7.66. The maximum absolute atomic E-state index is 12.3. The molecule has 3 rings (SSSR count). The van der Waals surface area contributed by atoms with Crippen molar-refractivity contribution in [1.29, 1.82) is 0 Å². The summed E-state index contributed by atoms with van der Waals surface area (Å²) in [6.07, 6.45) is 0.415. The lowest BCUT2D eigenvalue weighted by molar-refractivity contribution is -0.143. The van der Waals surface area contributed by atoms with Gasteiger partial charge in [0.2, 0.25) is 5.91 Å². The van der Waals surface area contributed by atoms with Gasteiger partial charge in [-0.25, -0.2) is 0 Å². The molecule has 0 aliphatic carbocycles. The first-order chi connectivity index (χ1) is 12.0. The van der Waals surface area contributed by atoms with Crippen molar-refractivity contribution in [2.45, 2.75) is 32.5 Å². The van der Waals surface area contributed by atoms with E-state index in [9.17, 15) is 9.59 Å². The molecule has 5 nitrogen and oxygen atoms in total. The Morgan fingerprint density at radius 2 is 1.76 bits per heavy atom. The Kier molecular flexibility index (Phi) is 5.34. The summed E-state index contributed by atoms with van der Waals surface area (Å²) in [5.74, 6) is -0.0944. The standard InChI is InChI=1S/C20H24N2O3/c1-14-12-22(13-15(2)25-14)19(23)9-10-21-20(24)18-8-7-16-5-3-4-6-17(16)11-18/h3-8,11,14-15H,9-10,12-13H2,1-2H3,(H,21,24). The number of rotatable bonds is 4. The van der Waals surface area contributed by atoms with Gasteiger partial charge in [0, 0.05) is 31.6 Å². The quantitative estimate of drug-likeness (QED) is 0.931. The predicted molar refractivity (Wildman–Crippen MR) is 97.5 cm³/mol. The number of nitrogens with one attached hydrogen (secondary N) is 1. The minimum Gasteiger partial charge on any atom is -0.372 e. The van der Waals surface area contributed by atoms with Crippen LogP contribution < -0.4 is 5.32 Å². The molecule has 5 heteroatoms. The highest BCUT2D eigenvalue weighted by atomic mass is 16.5. The van der Waals surface area contributed by atoms with Crippen molar-refractivity contribution < 1.29 is 14.3 Å². The normalized spacial score (nSPS) is 20.5. The molecule has 0 spiro atoms. The number of morpholine rings is 1. The van der Waals surface area contributed by atoms with E-state index in [-0.39, 0.29) is 24.0 Å². The molecule has 1 heterocycles. The number of fused-ring (bicyclic) bond motifs is 1. The van der Waals surface area contributed by atoms with Crippen LogP contribution in [0.4, 0.5) is 0 Å². The van der Waals surface area contributed by atoms with Crippen molar-refractivity contribution in [1.82, 2.24) is 10.2 Å². The molecule has 2 aromatic carbocycles. The number of hydrogen-bond donors (Lipinski definition) is 1.